The van der Waals surface area contributed by atoms with Gasteiger partial charge in [-0.1, -0.05) is 32.9 Å². The van der Waals surface area contributed by atoms with E-state index >= 15 is 0 Å². The molecule has 5 N–H and O–H groups in total. The number of carbonyl (C=O) groups is 1. The van der Waals surface area contributed by atoms with E-state index in [4.69, 9.17) is 4.42 Å². The Morgan fingerprint density at radius 3 is 2.22 bits per heavy atom. The zero-order valence-corrected chi connectivity index (χ0v) is 20.1. The summed E-state index contributed by atoms with van der Waals surface area (Å²) in [6, 6.07) is 5.37. The average molecular weight is 493 g/mol. The van der Waals surface area contributed by atoms with Crippen LogP contribution in [0.15, 0.2) is 33.5 Å². The van der Waals surface area contributed by atoms with Gasteiger partial charge in [-0.25, -0.2) is 4.79 Å². The zero-order chi connectivity index (χ0) is 26.3. The first-order valence-electron chi connectivity index (χ1n) is 11.7. The molecular weight excluding hydrogens is 464 g/mol. The number of aldehydes is 1. The molecule has 0 radical (unpaired) electrons. The van der Waals surface area contributed by atoms with E-state index in [0.29, 0.717) is 23.0 Å². The number of rotatable bonds is 5. The monoisotopic (exact) mass is 492 g/mol. The van der Waals surface area contributed by atoms with Crippen LogP contribution in [0.5, 0.6) is 28.7 Å². The van der Waals surface area contributed by atoms with Crippen molar-refractivity contribution in [3.63, 3.8) is 0 Å². The van der Waals surface area contributed by atoms with Crippen LogP contribution >= 0.6 is 0 Å². The lowest BCUT2D eigenvalue weighted by Gasteiger charge is -2.35. The maximum absolute atomic E-state index is 13.2. The van der Waals surface area contributed by atoms with E-state index in [2.05, 4.69) is 0 Å². The van der Waals surface area contributed by atoms with E-state index in [1.807, 2.05) is 20.8 Å². The van der Waals surface area contributed by atoms with Crippen LogP contribution in [0.2, 0.25) is 0 Å². The van der Waals surface area contributed by atoms with Crippen LogP contribution in [0.1, 0.15) is 78.3 Å². The standard InChI is InChI=1S/C28H28O8/c1-13(2)17-8-4-14(3)22-23(17)24(18(12-29)26(33)27(22)34)25-21(32)11-16(36-28(25)35)7-5-15-6-9-19(30)20(31)10-15/h5-7,9-14,17,30-34H,4,8H2,1-3H3/b7-5+/t14-,17+/m0/s1. The summed E-state index contributed by atoms with van der Waals surface area (Å²) in [5.41, 5.74) is 0.148. The van der Waals surface area contributed by atoms with Crippen LogP contribution in [0.4, 0.5) is 0 Å². The molecule has 0 fully saturated rings. The van der Waals surface area contributed by atoms with Crippen LogP contribution in [0, 0.1) is 5.92 Å². The average Bonchev–Trinajstić information content (AvgIpc) is 2.82. The second-order valence-electron chi connectivity index (χ2n) is 9.54. The Morgan fingerprint density at radius 1 is 0.889 bits per heavy atom. The molecule has 2 atom stereocenters. The van der Waals surface area contributed by atoms with Crippen LogP contribution < -0.4 is 5.63 Å². The Kier molecular flexibility index (Phi) is 6.54. The highest BCUT2D eigenvalue weighted by molar-refractivity contribution is 5.96. The fourth-order valence-electron chi connectivity index (χ4n) is 5.07. The van der Waals surface area contributed by atoms with E-state index in [0.717, 1.165) is 12.8 Å². The third-order valence-electron chi connectivity index (χ3n) is 6.90. The minimum Gasteiger partial charge on any atom is -0.507 e. The summed E-state index contributed by atoms with van der Waals surface area (Å²) in [7, 11) is 0. The normalized spacial score (nSPS) is 17.4. The van der Waals surface area contributed by atoms with Crippen molar-refractivity contribution >= 4 is 18.4 Å². The summed E-state index contributed by atoms with van der Waals surface area (Å²) >= 11 is 0. The van der Waals surface area contributed by atoms with Gasteiger partial charge < -0.3 is 29.9 Å². The van der Waals surface area contributed by atoms with Gasteiger partial charge in [0.15, 0.2) is 29.3 Å². The van der Waals surface area contributed by atoms with Crippen LogP contribution in [-0.4, -0.2) is 31.8 Å². The molecule has 8 heteroatoms. The topological polar surface area (TPSA) is 148 Å². The highest BCUT2D eigenvalue weighted by Crippen LogP contribution is 2.54. The van der Waals surface area contributed by atoms with Crippen LogP contribution in [0.25, 0.3) is 23.3 Å². The number of benzene rings is 2. The number of hydrogen-bond donors (Lipinski definition) is 5. The predicted molar refractivity (Wildman–Crippen MR) is 135 cm³/mol. The van der Waals surface area contributed by atoms with E-state index in [1.165, 1.54) is 36.4 Å². The Hall–Kier alpha value is -4.20. The van der Waals surface area contributed by atoms with Crippen molar-refractivity contribution < 1.29 is 34.7 Å². The quantitative estimate of drug-likeness (QED) is 0.233. The smallest absolute Gasteiger partial charge is 0.347 e. The molecule has 1 aliphatic carbocycles. The van der Waals surface area contributed by atoms with Gasteiger partial charge in [0.25, 0.3) is 0 Å². The highest BCUT2D eigenvalue weighted by atomic mass is 16.4. The molecule has 0 aliphatic heterocycles. The maximum Gasteiger partial charge on any atom is 0.347 e. The van der Waals surface area contributed by atoms with Gasteiger partial charge in [0.05, 0.1) is 5.56 Å². The summed E-state index contributed by atoms with van der Waals surface area (Å²) in [4.78, 5) is 25.3. The molecule has 188 valence electrons. The lowest BCUT2D eigenvalue weighted by Crippen LogP contribution is -2.21. The van der Waals surface area contributed by atoms with Crippen molar-refractivity contribution in [3.8, 4) is 39.9 Å². The van der Waals surface area contributed by atoms with E-state index < -0.39 is 17.1 Å². The van der Waals surface area contributed by atoms with Gasteiger partial charge in [-0.05, 0) is 59.9 Å². The molecule has 2 aromatic carbocycles. The van der Waals surface area contributed by atoms with Gasteiger partial charge in [-0.3, -0.25) is 4.79 Å². The molecule has 36 heavy (non-hydrogen) atoms. The number of carbonyl (C=O) groups excluding carboxylic acids is 1. The molecule has 1 aromatic heterocycles. The van der Waals surface area contributed by atoms with Gasteiger partial charge in [0, 0.05) is 17.2 Å². The molecular formula is C28H28O8. The summed E-state index contributed by atoms with van der Waals surface area (Å²) in [5, 5.41) is 51.5. The minimum atomic E-state index is -0.917. The lowest BCUT2D eigenvalue weighted by molar-refractivity contribution is 0.112. The Balaban J connectivity index is 1.93. The first-order valence-corrected chi connectivity index (χ1v) is 11.7. The van der Waals surface area contributed by atoms with Gasteiger partial charge in [0.1, 0.15) is 17.1 Å². The number of fused-ring (bicyclic) bond motifs is 1. The van der Waals surface area contributed by atoms with E-state index in [1.54, 1.807) is 0 Å². The number of aromatic hydroxyl groups is 5. The molecule has 8 nitrogen and oxygen atoms in total. The van der Waals surface area contributed by atoms with Gasteiger partial charge in [-0.2, -0.15) is 0 Å². The van der Waals surface area contributed by atoms with E-state index in [9.17, 15) is 35.1 Å². The van der Waals surface area contributed by atoms with Crippen LogP contribution in [0.3, 0.4) is 0 Å². The Bertz CT molecular complexity index is 1430. The molecule has 0 spiro atoms. The maximum atomic E-state index is 13.2. The molecule has 0 saturated heterocycles. The molecule has 1 aliphatic rings. The van der Waals surface area contributed by atoms with Crippen molar-refractivity contribution in [1.82, 2.24) is 0 Å². The summed E-state index contributed by atoms with van der Waals surface area (Å²) in [6.07, 6.45) is 4.77. The second-order valence-corrected chi connectivity index (χ2v) is 9.54. The number of hydrogen-bond acceptors (Lipinski definition) is 8. The first-order chi connectivity index (χ1) is 17.0. The molecule has 0 saturated carbocycles. The zero-order valence-electron chi connectivity index (χ0n) is 20.1. The van der Waals surface area contributed by atoms with Gasteiger partial charge >= 0.3 is 5.63 Å². The van der Waals surface area contributed by atoms with Gasteiger partial charge in [-0.15, -0.1) is 0 Å². The molecule has 4 rings (SSSR count). The Labute approximate surface area is 207 Å². The largest absolute Gasteiger partial charge is 0.507 e. The van der Waals surface area contributed by atoms with Crippen molar-refractivity contribution in [3.05, 3.63) is 62.7 Å². The third kappa shape index (κ3) is 4.19. The predicted octanol–water partition coefficient (Wildman–Crippen LogP) is 5.45. The highest BCUT2D eigenvalue weighted by Gasteiger charge is 2.37. The molecule has 0 unspecified atom stereocenters. The lowest BCUT2D eigenvalue weighted by atomic mass is 9.69. The molecule has 0 amide bonds. The molecule has 0 bridgehead atoms. The third-order valence-corrected chi connectivity index (χ3v) is 6.90. The van der Waals surface area contributed by atoms with Crippen molar-refractivity contribution in [2.75, 3.05) is 0 Å². The first kappa shape index (κ1) is 24.9. The Morgan fingerprint density at radius 2 is 1.61 bits per heavy atom. The summed E-state index contributed by atoms with van der Waals surface area (Å²) in [6.45, 7) is 5.89. The number of phenolic OH excluding ortho intramolecular Hbond substituents is 4. The summed E-state index contributed by atoms with van der Waals surface area (Å²) < 4.78 is 5.43. The minimum absolute atomic E-state index is 0.00659. The van der Waals surface area contributed by atoms with Crippen molar-refractivity contribution in [2.24, 2.45) is 5.92 Å². The van der Waals surface area contributed by atoms with E-state index in [-0.39, 0.29) is 57.5 Å². The number of phenols is 4. The van der Waals surface area contributed by atoms with Crippen molar-refractivity contribution in [1.29, 1.82) is 0 Å². The van der Waals surface area contributed by atoms with Crippen molar-refractivity contribution in [2.45, 2.75) is 45.4 Å². The fraction of sp³-hybridized carbons (Fsp3) is 0.286. The van der Waals surface area contributed by atoms with Crippen LogP contribution in [-0.2, 0) is 0 Å². The molecule has 3 aromatic rings. The van der Waals surface area contributed by atoms with Gasteiger partial charge in [0.2, 0.25) is 0 Å². The summed E-state index contributed by atoms with van der Waals surface area (Å²) in [5.74, 6) is -2.22. The second kappa shape index (κ2) is 9.45. The molecule has 1 heterocycles. The SMILES string of the molecule is CC(C)[C@H]1CC[C@H](C)c2c(O)c(O)c(C=O)c(-c3c(O)cc(/C=C/c4ccc(O)c(O)c4)oc3=O)c21. The fourth-order valence-corrected chi connectivity index (χ4v) is 5.07.